The number of H-pyrrole nitrogens is 1. The summed E-state index contributed by atoms with van der Waals surface area (Å²) in [5.41, 5.74) is 2.58. The minimum Gasteiger partial charge on any atom is -0.371 e. The summed E-state index contributed by atoms with van der Waals surface area (Å²) in [7, 11) is 0. The van der Waals surface area contributed by atoms with E-state index in [1.165, 1.54) is 6.20 Å². The first-order valence-electron chi connectivity index (χ1n) is 12.3. The molecular formula is C25H24N12O2. The molecule has 0 amide bonds. The van der Waals surface area contributed by atoms with Crippen molar-refractivity contribution in [2.45, 2.75) is 31.0 Å². The van der Waals surface area contributed by atoms with Crippen LogP contribution in [0.5, 0.6) is 0 Å². The second-order valence-electron chi connectivity index (χ2n) is 9.26. The number of anilines is 2. The number of hydrogen-bond donors (Lipinski definition) is 3. The van der Waals surface area contributed by atoms with Crippen molar-refractivity contribution in [3.05, 3.63) is 66.9 Å². The molecule has 0 aliphatic carbocycles. The fourth-order valence-electron chi connectivity index (χ4n) is 4.80. The van der Waals surface area contributed by atoms with Crippen LogP contribution in [-0.2, 0) is 5.54 Å². The Morgan fingerprint density at radius 1 is 1.18 bits per heavy atom. The predicted octanol–water partition coefficient (Wildman–Crippen LogP) is 2.65. The van der Waals surface area contributed by atoms with Crippen LogP contribution in [0.25, 0.3) is 22.6 Å². The molecule has 1 aliphatic rings. The van der Waals surface area contributed by atoms with E-state index in [0.29, 0.717) is 55.6 Å². The van der Waals surface area contributed by atoms with Gasteiger partial charge >= 0.3 is 0 Å². The van der Waals surface area contributed by atoms with Crippen molar-refractivity contribution < 1.29 is 9.63 Å². The number of benzene rings is 1. The number of rotatable bonds is 8. The van der Waals surface area contributed by atoms with Crippen LogP contribution >= 0.6 is 0 Å². The van der Waals surface area contributed by atoms with Gasteiger partial charge in [-0.3, -0.25) is 9.58 Å². The monoisotopic (exact) mass is 524 g/mol. The smallest absolute Gasteiger partial charge is 0.227 e. The molecule has 14 nitrogen and oxygen atoms in total. The number of piperidine rings is 1. The van der Waals surface area contributed by atoms with Crippen molar-refractivity contribution >= 4 is 11.6 Å². The van der Waals surface area contributed by atoms with E-state index in [0.717, 1.165) is 16.8 Å². The average molecular weight is 525 g/mol. The van der Waals surface area contributed by atoms with Gasteiger partial charge in [0.1, 0.15) is 0 Å². The molecule has 39 heavy (non-hydrogen) atoms. The fraction of sp³-hybridized carbons (Fsp3) is 0.280. The third kappa shape index (κ3) is 4.96. The number of tetrazole rings is 1. The van der Waals surface area contributed by atoms with Gasteiger partial charge in [0.15, 0.2) is 12.0 Å². The van der Waals surface area contributed by atoms with E-state index in [2.05, 4.69) is 52.2 Å². The number of nitriles is 1. The fourth-order valence-corrected chi connectivity index (χ4v) is 4.80. The highest BCUT2D eigenvalue weighted by Crippen LogP contribution is 2.36. The van der Waals surface area contributed by atoms with Crippen molar-refractivity contribution in [1.29, 1.82) is 5.26 Å². The third-order valence-electron chi connectivity index (χ3n) is 6.94. The lowest BCUT2D eigenvalue weighted by molar-refractivity contribution is -0.0495. The molecule has 1 saturated heterocycles. The Hall–Kier alpha value is -5.00. The normalized spacial score (nSPS) is 16.0. The van der Waals surface area contributed by atoms with Crippen LogP contribution in [0, 0.1) is 11.3 Å². The molecule has 6 rings (SSSR count). The van der Waals surface area contributed by atoms with Crippen LogP contribution in [0.4, 0.5) is 11.6 Å². The molecule has 1 unspecified atom stereocenters. The van der Waals surface area contributed by atoms with Gasteiger partial charge in [-0.15, -0.1) is 10.2 Å². The van der Waals surface area contributed by atoms with Crippen LogP contribution in [0.3, 0.4) is 0 Å². The van der Waals surface area contributed by atoms with Gasteiger partial charge in [-0.2, -0.15) is 15.6 Å². The van der Waals surface area contributed by atoms with E-state index >= 15 is 0 Å². The molecule has 0 radical (unpaired) electrons. The van der Waals surface area contributed by atoms with E-state index in [4.69, 9.17) is 4.52 Å². The number of nitrogens with zero attached hydrogens (tertiary/aromatic N) is 10. The number of aromatic amines is 1. The first kappa shape index (κ1) is 24.3. The molecule has 3 N–H and O–H groups in total. The first-order chi connectivity index (χ1) is 19.1. The minimum absolute atomic E-state index is 0.299. The van der Waals surface area contributed by atoms with Gasteiger partial charge < -0.3 is 14.9 Å². The lowest BCUT2D eigenvalue weighted by Gasteiger charge is -2.41. The van der Waals surface area contributed by atoms with Crippen molar-refractivity contribution in [3.8, 4) is 28.7 Å². The van der Waals surface area contributed by atoms with E-state index < -0.39 is 11.8 Å². The summed E-state index contributed by atoms with van der Waals surface area (Å²) in [6.07, 6.45) is 7.56. The molecule has 5 aromatic rings. The largest absolute Gasteiger partial charge is 0.371 e. The second-order valence-corrected chi connectivity index (χ2v) is 9.26. The Kier molecular flexibility index (Phi) is 6.49. The Bertz CT molecular complexity index is 1570. The highest BCUT2D eigenvalue weighted by molar-refractivity contribution is 5.66. The molecule has 4 aromatic heterocycles. The van der Waals surface area contributed by atoms with Crippen LogP contribution in [0.15, 0.2) is 65.7 Å². The van der Waals surface area contributed by atoms with E-state index in [-0.39, 0.29) is 0 Å². The summed E-state index contributed by atoms with van der Waals surface area (Å²) in [5, 5.41) is 45.9. The molecule has 0 bridgehead atoms. The van der Waals surface area contributed by atoms with E-state index in [9.17, 15) is 10.4 Å². The maximum atomic E-state index is 10.6. The van der Waals surface area contributed by atoms with Gasteiger partial charge in [-0.1, -0.05) is 17.3 Å². The molecule has 1 aromatic carbocycles. The standard InChI is InChI=1S/C25H24N12O2/c26-9-6-25(7-12-36(13-8-25)23(38)21-5-11-29-39-21)37-16-18(15-28-37)20-4-10-27-24(31-20)30-19-3-1-2-17(14-19)22-32-34-35-33-22/h1-5,10-11,14-16,23,38H,6-8,12-13H2,(H,27,30,31)(H,32,33,34,35). The molecule has 0 spiro atoms. The first-order valence-corrected chi connectivity index (χ1v) is 12.3. The maximum absolute atomic E-state index is 10.6. The highest BCUT2D eigenvalue weighted by Gasteiger charge is 2.39. The second kappa shape index (κ2) is 10.4. The van der Waals surface area contributed by atoms with E-state index in [1.54, 1.807) is 18.5 Å². The SMILES string of the molecule is N#CCC1(n2cc(-c3ccnc(Nc4cccc(-c5nn[nH]n5)c4)n3)cn2)CCN(C(O)c2ccno2)CC1. The lowest BCUT2D eigenvalue weighted by atomic mass is 9.84. The Morgan fingerprint density at radius 3 is 2.85 bits per heavy atom. The molecule has 1 fully saturated rings. The van der Waals surface area contributed by atoms with Gasteiger partial charge in [0.2, 0.25) is 11.8 Å². The zero-order chi connectivity index (χ0) is 26.7. The summed E-state index contributed by atoms with van der Waals surface area (Å²) < 4.78 is 6.98. The number of aromatic nitrogens is 9. The molecule has 0 saturated carbocycles. The number of likely N-dealkylation sites (tertiary alicyclic amines) is 1. The molecular weight excluding hydrogens is 500 g/mol. The summed E-state index contributed by atoms with van der Waals surface area (Å²) >= 11 is 0. The van der Waals surface area contributed by atoms with Crippen LogP contribution in [0.1, 0.15) is 31.3 Å². The number of aliphatic hydroxyl groups excluding tert-OH is 1. The summed E-state index contributed by atoms with van der Waals surface area (Å²) in [4.78, 5) is 10.9. The van der Waals surface area contributed by atoms with Gasteiger partial charge in [0.05, 0.1) is 36.1 Å². The Labute approximate surface area is 222 Å². The third-order valence-corrected chi connectivity index (χ3v) is 6.94. The lowest BCUT2D eigenvalue weighted by Crippen LogP contribution is -2.47. The van der Waals surface area contributed by atoms with Crippen LogP contribution < -0.4 is 5.32 Å². The summed E-state index contributed by atoms with van der Waals surface area (Å²) in [6.45, 7) is 1.15. The summed E-state index contributed by atoms with van der Waals surface area (Å²) in [6, 6.07) is 13.3. The molecule has 1 atom stereocenters. The summed E-state index contributed by atoms with van der Waals surface area (Å²) in [5.74, 6) is 1.32. The maximum Gasteiger partial charge on any atom is 0.227 e. The molecule has 1 aliphatic heterocycles. The average Bonchev–Trinajstić information content (AvgIpc) is 3.77. The van der Waals surface area contributed by atoms with Crippen LogP contribution in [-0.4, -0.2) is 68.6 Å². The van der Waals surface area contributed by atoms with Crippen molar-refractivity contribution in [2.75, 3.05) is 18.4 Å². The Morgan fingerprint density at radius 2 is 2.08 bits per heavy atom. The quantitative estimate of drug-likeness (QED) is 0.270. The zero-order valence-corrected chi connectivity index (χ0v) is 20.7. The van der Waals surface area contributed by atoms with Crippen molar-refractivity contribution in [3.63, 3.8) is 0 Å². The topological polar surface area (TPSA) is 183 Å². The number of aliphatic hydroxyl groups is 1. The van der Waals surface area contributed by atoms with Crippen molar-refractivity contribution in [1.82, 2.24) is 50.4 Å². The zero-order valence-electron chi connectivity index (χ0n) is 20.7. The van der Waals surface area contributed by atoms with E-state index in [1.807, 2.05) is 46.1 Å². The van der Waals surface area contributed by atoms with Gasteiger partial charge in [-0.25, -0.2) is 9.97 Å². The number of nitrogens with one attached hydrogen (secondary N) is 2. The molecule has 14 heteroatoms. The Balaban J connectivity index is 1.19. The molecule has 196 valence electrons. The van der Waals surface area contributed by atoms with Crippen LogP contribution in [0.2, 0.25) is 0 Å². The predicted molar refractivity (Wildman–Crippen MR) is 137 cm³/mol. The van der Waals surface area contributed by atoms with Crippen molar-refractivity contribution in [2.24, 2.45) is 0 Å². The minimum atomic E-state index is -0.874. The number of hydrogen-bond acceptors (Lipinski definition) is 12. The van der Waals surface area contributed by atoms with Gasteiger partial charge in [-0.05, 0) is 36.3 Å². The van der Waals surface area contributed by atoms with Gasteiger partial charge in [0.25, 0.3) is 0 Å². The highest BCUT2D eigenvalue weighted by atomic mass is 16.5. The van der Waals surface area contributed by atoms with Gasteiger partial charge in [0, 0.05) is 48.4 Å². The molecule has 5 heterocycles.